The van der Waals surface area contributed by atoms with Crippen molar-refractivity contribution in [1.29, 1.82) is 0 Å². The summed E-state index contributed by atoms with van der Waals surface area (Å²) in [5.74, 6) is 4.89. The first-order chi connectivity index (χ1) is 20.1. The average molecular weight is 558 g/mol. The molecular weight excluding hydrogens is 522 g/mol. The minimum atomic E-state index is -0.259. The number of methoxy groups -OCH3 is 1. The SMILES string of the molecule is CCN(C#Cc1cc2cnc(Nc3ccc(OC4CCNC4)cc3)nc2n(Cc2ncoc2CCOC)c1=O)CC. The largest absolute Gasteiger partial charge is 0.489 e. The van der Waals surface area contributed by atoms with Crippen molar-refractivity contribution in [1.82, 2.24) is 29.7 Å². The maximum Gasteiger partial charge on any atom is 0.268 e. The molecule has 2 N–H and O–H groups in total. The van der Waals surface area contributed by atoms with E-state index >= 15 is 0 Å². The summed E-state index contributed by atoms with van der Waals surface area (Å²) in [5, 5.41) is 7.23. The molecule has 4 heterocycles. The number of rotatable bonds is 11. The quantitative estimate of drug-likeness (QED) is 0.210. The zero-order valence-corrected chi connectivity index (χ0v) is 23.6. The molecule has 1 saturated heterocycles. The third kappa shape index (κ3) is 6.85. The average Bonchev–Trinajstić information content (AvgIpc) is 3.67. The van der Waals surface area contributed by atoms with Gasteiger partial charge in [-0.15, -0.1) is 0 Å². The van der Waals surface area contributed by atoms with Crippen molar-refractivity contribution in [2.75, 3.05) is 45.2 Å². The van der Waals surface area contributed by atoms with Crippen molar-refractivity contribution in [3.8, 4) is 17.7 Å². The summed E-state index contributed by atoms with van der Waals surface area (Å²) in [6.45, 7) is 8.06. The lowest BCUT2D eigenvalue weighted by Crippen LogP contribution is -2.25. The second-order valence-corrected chi connectivity index (χ2v) is 9.68. The maximum atomic E-state index is 13.7. The fraction of sp³-hybridized carbons (Fsp3) is 0.400. The molecule has 1 fully saturated rings. The number of fused-ring (bicyclic) bond motifs is 1. The van der Waals surface area contributed by atoms with E-state index in [2.05, 4.69) is 32.6 Å². The molecule has 1 unspecified atom stereocenters. The number of oxazole rings is 1. The van der Waals surface area contributed by atoms with Gasteiger partial charge >= 0.3 is 0 Å². The Labute approximate surface area is 238 Å². The Hall–Kier alpha value is -4.40. The first-order valence-electron chi connectivity index (χ1n) is 13.9. The second kappa shape index (κ2) is 13.3. The van der Waals surface area contributed by atoms with Crippen LogP contribution in [0.4, 0.5) is 11.6 Å². The van der Waals surface area contributed by atoms with Crippen LogP contribution < -0.4 is 20.9 Å². The van der Waals surface area contributed by atoms with Gasteiger partial charge in [0.25, 0.3) is 5.56 Å². The molecule has 41 heavy (non-hydrogen) atoms. The molecule has 1 atom stereocenters. The van der Waals surface area contributed by atoms with Crippen molar-refractivity contribution >= 4 is 22.7 Å². The van der Waals surface area contributed by atoms with Gasteiger partial charge in [0.2, 0.25) is 5.95 Å². The van der Waals surface area contributed by atoms with Gasteiger partial charge in [0, 0.05) is 56.5 Å². The Balaban J connectivity index is 1.48. The van der Waals surface area contributed by atoms with E-state index in [0.717, 1.165) is 44.0 Å². The van der Waals surface area contributed by atoms with Gasteiger partial charge in [0.15, 0.2) is 6.39 Å². The molecule has 5 rings (SSSR count). The number of hydrogen-bond donors (Lipinski definition) is 2. The predicted octanol–water partition coefficient (Wildman–Crippen LogP) is 3.15. The Morgan fingerprint density at radius 1 is 1.22 bits per heavy atom. The molecule has 0 amide bonds. The molecule has 214 valence electrons. The fourth-order valence-electron chi connectivity index (χ4n) is 4.61. The molecule has 0 radical (unpaired) electrons. The van der Waals surface area contributed by atoms with Gasteiger partial charge in [0.05, 0.1) is 18.7 Å². The number of anilines is 2. The molecule has 11 nitrogen and oxygen atoms in total. The Morgan fingerprint density at radius 2 is 2.05 bits per heavy atom. The lowest BCUT2D eigenvalue weighted by Gasteiger charge is -2.14. The van der Waals surface area contributed by atoms with Gasteiger partial charge in [-0.05, 0) is 63.1 Å². The Bertz CT molecular complexity index is 1580. The van der Waals surface area contributed by atoms with Gasteiger partial charge in [-0.3, -0.25) is 9.36 Å². The van der Waals surface area contributed by atoms with Crippen LogP contribution in [0.3, 0.4) is 0 Å². The Kier molecular flexibility index (Phi) is 9.13. The van der Waals surface area contributed by atoms with Crippen molar-refractivity contribution in [2.45, 2.75) is 39.3 Å². The highest BCUT2D eigenvalue weighted by atomic mass is 16.5. The molecule has 1 aliphatic rings. The predicted molar refractivity (Wildman–Crippen MR) is 156 cm³/mol. The molecule has 0 bridgehead atoms. The maximum absolute atomic E-state index is 13.7. The van der Waals surface area contributed by atoms with Gasteiger partial charge < -0.3 is 29.4 Å². The van der Waals surface area contributed by atoms with Gasteiger partial charge in [0.1, 0.15) is 29.0 Å². The lowest BCUT2D eigenvalue weighted by molar-refractivity contribution is 0.196. The number of benzene rings is 1. The van der Waals surface area contributed by atoms with E-state index in [9.17, 15) is 4.79 Å². The summed E-state index contributed by atoms with van der Waals surface area (Å²) in [6, 6.07) is 12.5. The highest BCUT2D eigenvalue weighted by molar-refractivity contribution is 5.77. The summed E-state index contributed by atoms with van der Waals surface area (Å²) >= 11 is 0. The zero-order chi connectivity index (χ0) is 28.6. The summed E-state index contributed by atoms with van der Waals surface area (Å²) in [5.41, 5.74) is 2.01. The van der Waals surface area contributed by atoms with E-state index in [4.69, 9.17) is 18.9 Å². The summed E-state index contributed by atoms with van der Waals surface area (Å²) in [4.78, 5) is 29.3. The van der Waals surface area contributed by atoms with Crippen LogP contribution in [-0.2, 0) is 17.7 Å². The molecule has 3 aromatic heterocycles. The molecule has 4 aromatic rings. The highest BCUT2D eigenvalue weighted by Gasteiger charge is 2.17. The van der Waals surface area contributed by atoms with E-state index in [1.54, 1.807) is 23.9 Å². The number of hydrogen-bond acceptors (Lipinski definition) is 10. The van der Waals surface area contributed by atoms with Crippen LogP contribution >= 0.6 is 0 Å². The molecule has 0 aliphatic carbocycles. The third-order valence-corrected chi connectivity index (χ3v) is 6.93. The van der Waals surface area contributed by atoms with E-state index in [0.29, 0.717) is 47.0 Å². The molecule has 11 heteroatoms. The molecule has 0 spiro atoms. The molecular formula is C30H35N7O4. The lowest BCUT2D eigenvalue weighted by atomic mass is 10.2. The topological polar surface area (TPSA) is 120 Å². The van der Waals surface area contributed by atoms with E-state index in [-0.39, 0.29) is 18.2 Å². The van der Waals surface area contributed by atoms with Crippen molar-refractivity contribution in [2.24, 2.45) is 0 Å². The van der Waals surface area contributed by atoms with Crippen molar-refractivity contribution in [3.05, 3.63) is 70.3 Å². The minimum absolute atomic E-state index is 0.171. The third-order valence-electron chi connectivity index (χ3n) is 6.93. The summed E-state index contributed by atoms with van der Waals surface area (Å²) in [6.07, 6.45) is 4.81. The minimum Gasteiger partial charge on any atom is -0.489 e. The first kappa shape index (κ1) is 28.1. The van der Waals surface area contributed by atoms with Crippen LogP contribution in [0.2, 0.25) is 0 Å². The van der Waals surface area contributed by atoms with Gasteiger partial charge in [-0.25, -0.2) is 9.97 Å². The molecule has 1 aliphatic heterocycles. The summed E-state index contributed by atoms with van der Waals surface area (Å²) in [7, 11) is 1.63. The van der Waals surface area contributed by atoms with Crippen LogP contribution in [0.15, 0.2) is 52.1 Å². The van der Waals surface area contributed by atoms with E-state index in [1.807, 2.05) is 43.0 Å². The molecule has 1 aromatic carbocycles. The number of pyridine rings is 1. The van der Waals surface area contributed by atoms with Crippen LogP contribution in [0, 0.1) is 12.0 Å². The standard InChI is InChI=1S/C30H35N7O4/c1-4-36(5-2)14-11-21-16-22-17-32-30(34-23-6-8-24(9-7-23)41-25-10-13-31-18-25)35-28(22)37(29(21)38)19-26-27(12-15-39-3)40-20-33-26/h6-9,16-17,20,25,31H,4-5,10,12-13,15,18-19H2,1-3H3,(H,32,34,35). The van der Waals surface area contributed by atoms with Crippen LogP contribution in [0.5, 0.6) is 5.75 Å². The number of ether oxygens (including phenoxy) is 2. The first-order valence-corrected chi connectivity index (χ1v) is 13.9. The smallest absolute Gasteiger partial charge is 0.268 e. The van der Waals surface area contributed by atoms with E-state index in [1.165, 1.54) is 6.39 Å². The number of nitrogens with zero attached hydrogens (tertiary/aromatic N) is 5. The van der Waals surface area contributed by atoms with Gasteiger partial charge in [-0.2, -0.15) is 4.98 Å². The molecule has 0 saturated carbocycles. The van der Waals surface area contributed by atoms with Crippen molar-refractivity contribution < 1.29 is 13.9 Å². The van der Waals surface area contributed by atoms with Crippen molar-refractivity contribution in [3.63, 3.8) is 0 Å². The fourth-order valence-corrected chi connectivity index (χ4v) is 4.61. The number of aromatic nitrogens is 4. The number of nitrogens with one attached hydrogen (secondary N) is 2. The van der Waals surface area contributed by atoms with Gasteiger partial charge in [-0.1, -0.05) is 0 Å². The van der Waals surface area contributed by atoms with E-state index < -0.39 is 0 Å². The van der Waals surface area contributed by atoms with Crippen LogP contribution in [0.25, 0.3) is 11.0 Å². The monoisotopic (exact) mass is 557 g/mol. The zero-order valence-electron chi connectivity index (χ0n) is 23.6. The normalized spacial score (nSPS) is 14.6. The van der Waals surface area contributed by atoms with Crippen LogP contribution in [-0.4, -0.2) is 70.4 Å². The summed E-state index contributed by atoms with van der Waals surface area (Å²) < 4.78 is 18.4. The Morgan fingerprint density at radius 3 is 2.78 bits per heavy atom. The highest BCUT2D eigenvalue weighted by Crippen LogP contribution is 2.22. The van der Waals surface area contributed by atoms with Crippen LogP contribution in [0.1, 0.15) is 37.3 Å². The second-order valence-electron chi connectivity index (χ2n) is 9.68.